The van der Waals surface area contributed by atoms with E-state index in [1.165, 1.54) is 0 Å². The Labute approximate surface area is 172 Å². The highest BCUT2D eigenvalue weighted by Gasteiger charge is 2.26. The quantitative estimate of drug-likeness (QED) is 0.303. The molecule has 0 amide bonds. The molecule has 0 atom stereocenters. The van der Waals surface area contributed by atoms with Crippen molar-refractivity contribution in [3.05, 3.63) is 107 Å². The molecular formula is C26H16N2O2. The van der Waals surface area contributed by atoms with E-state index < -0.39 is 0 Å². The molecular weight excluding hydrogens is 372 g/mol. The monoisotopic (exact) mass is 388 g/mol. The SMILES string of the molecule is O=c1c2c(oc3ccc4ccccc4c13)N(c1ccccc1)c1ccccc1N=C2. The highest BCUT2D eigenvalue weighted by molar-refractivity contribution is 6.09. The van der Waals surface area contributed by atoms with E-state index in [-0.39, 0.29) is 5.43 Å². The van der Waals surface area contributed by atoms with E-state index in [2.05, 4.69) is 4.99 Å². The van der Waals surface area contributed by atoms with Crippen molar-refractivity contribution in [1.29, 1.82) is 0 Å². The molecule has 4 heteroatoms. The van der Waals surface area contributed by atoms with Gasteiger partial charge >= 0.3 is 0 Å². The van der Waals surface area contributed by atoms with Crippen molar-refractivity contribution in [2.24, 2.45) is 4.99 Å². The van der Waals surface area contributed by atoms with E-state index in [1.54, 1.807) is 6.21 Å². The summed E-state index contributed by atoms with van der Waals surface area (Å²) in [6, 6.07) is 29.4. The van der Waals surface area contributed by atoms with Crippen LogP contribution < -0.4 is 10.3 Å². The maximum absolute atomic E-state index is 13.7. The number of hydrogen-bond acceptors (Lipinski definition) is 4. The first kappa shape index (κ1) is 16.7. The van der Waals surface area contributed by atoms with Crippen LogP contribution in [0.25, 0.3) is 21.7 Å². The summed E-state index contributed by atoms with van der Waals surface area (Å²) in [5.41, 5.74) is 3.47. The smallest absolute Gasteiger partial charge is 0.218 e. The van der Waals surface area contributed by atoms with Gasteiger partial charge < -0.3 is 4.42 Å². The van der Waals surface area contributed by atoms with Crippen molar-refractivity contribution in [2.75, 3.05) is 4.90 Å². The van der Waals surface area contributed by atoms with E-state index in [0.29, 0.717) is 22.4 Å². The first-order valence-electron chi connectivity index (χ1n) is 9.78. The van der Waals surface area contributed by atoms with E-state index >= 15 is 0 Å². The van der Waals surface area contributed by atoms with Gasteiger partial charge in [0, 0.05) is 11.9 Å². The second kappa shape index (κ2) is 6.42. The highest BCUT2D eigenvalue weighted by Crippen LogP contribution is 2.43. The zero-order valence-electron chi connectivity index (χ0n) is 15.9. The lowest BCUT2D eigenvalue weighted by Gasteiger charge is -2.24. The van der Waals surface area contributed by atoms with Crippen LogP contribution in [0, 0.1) is 0 Å². The second-order valence-electron chi connectivity index (χ2n) is 7.23. The van der Waals surface area contributed by atoms with E-state index in [9.17, 15) is 4.79 Å². The molecule has 4 nitrogen and oxygen atoms in total. The average Bonchev–Trinajstić information content (AvgIpc) is 2.96. The minimum Gasteiger partial charge on any atom is -0.439 e. The maximum atomic E-state index is 13.7. The summed E-state index contributed by atoms with van der Waals surface area (Å²) in [4.78, 5) is 20.3. The zero-order valence-corrected chi connectivity index (χ0v) is 15.9. The normalized spacial score (nSPS) is 12.6. The molecule has 0 bridgehead atoms. The molecule has 0 spiro atoms. The lowest BCUT2D eigenvalue weighted by Crippen LogP contribution is -2.17. The molecule has 6 rings (SSSR count). The lowest BCUT2D eigenvalue weighted by atomic mass is 10.0. The van der Waals surface area contributed by atoms with Crippen LogP contribution in [0.1, 0.15) is 5.56 Å². The van der Waals surface area contributed by atoms with E-state index in [1.807, 2.05) is 95.9 Å². The first-order valence-corrected chi connectivity index (χ1v) is 9.78. The van der Waals surface area contributed by atoms with Crippen LogP contribution >= 0.6 is 0 Å². The zero-order chi connectivity index (χ0) is 20.1. The summed E-state index contributed by atoms with van der Waals surface area (Å²) in [5.74, 6) is 0.475. The van der Waals surface area contributed by atoms with Crippen molar-refractivity contribution >= 4 is 50.9 Å². The first-order chi connectivity index (χ1) is 14.8. The molecule has 0 saturated heterocycles. The predicted octanol–water partition coefficient (Wildman–Crippen LogP) is 6.48. The number of benzene rings is 4. The van der Waals surface area contributed by atoms with Gasteiger partial charge in [0.15, 0.2) is 0 Å². The summed E-state index contributed by atoms with van der Waals surface area (Å²) in [6.07, 6.45) is 1.63. The Hall–Kier alpha value is -4.18. The summed E-state index contributed by atoms with van der Waals surface area (Å²) >= 11 is 0. The van der Waals surface area contributed by atoms with E-state index in [4.69, 9.17) is 4.42 Å². The number of fused-ring (bicyclic) bond motifs is 5. The predicted molar refractivity (Wildman–Crippen MR) is 122 cm³/mol. The number of para-hydroxylation sites is 3. The van der Waals surface area contributed by atoms with Gasteiger partial charge in [0.05, 0.1) is 16.8 Å². The Morgan fingerprint density at radius 3 is 2.43 bits per heavy atom. The third-order valence-electron chi connectivity index (χ3n) is 5.47. The fourth-order valence-corrected chi connectivity index (χ4v) is 4.08. The van der Waals surface area contributed by atoms with Gasteiger partial charge in [0.1, 0.15) is 11.1 Å². The fourth-order valence-electron chi connectivity index (χ4n) is 4.08. The van der Waals surface area contributed by atoms with Gasteiger partial charge in [-0.3, -0.25) is 14.7 Å². The van der Waals surface area contributed by atoms with Gasteiger partial charge in [0.25, 0.3) is 0 Å². The minimum absolute atomic E-state index is 0.0828. The number of rotatable bonds is 1. The Kier molecular flexibility index (Phi) is 3.59. The third-order valence-corrected chi connectivity index (χ3v) is 5.47. The third kappa shape index (κ3) is 2.40. The van der Waals surface area contributed by atoms with Crippen molar-refractivity contribution in [3.8, 4) is 0 Å². The van der Waals surface area contributed by atoms with Crippen molar-refractivity contribution < 1.29 is 4.42 Å². The molecule has 5 aromatic rings. The Bertz CT molecular complexity index is 1520. The number of anilines is 3. The molecule has 0 aliphatic carbocycles. The van der Waals surface area contributed by atoms with Crippen LogP contribution in [0.3, 0.4) is 0 Å². The number of hydrogen-bond donors (Lipinski definition) is 0. The molecule has 0 unspecified atom stereocenters. The van der Waals surface area contributed by atoms with Crippen LogP contribution in [0.4, 0.5) is 22.9 Å². The molecule has 30 heavy (non-hydrogen) atoms. The molecule has 1 aliphatic rings. The summed E-state index contributed by atoms with van der Waals surface area (Å²) < 4.78 is 6.41. The molecule has 0 saturated carbocycles. The number of nitrogens with zero attached hydrogens (tertiary/aromatic N) is 2. The lowest BCUT2D eigenvalue weighted by molar-refractivity contribution is 0.608. The van der Waals surface area contributed by atoms with Gasteiger partial charge in [0.2, 0.25) is 11.3 Å². The minimum atomic E-state index is -0.0828. The summed E-state index contributed by atoms with van der Waals surface area (Å²) in [5, 5.41) is 2.47. The molecule has 0 fully saturated rings. The standard InChI is InChI=1S/C26H16N2O2/c29-25-20-16-27-21-12-6-7-13-22(21)28(18-9-2-1-3-10-18)26(20)30-23-15-14-17-8-4-5-11-19(17)24(23)25/h1-16H. The van der Waals surface area contributed by atoms with Crippen molar-refractivity contribution in [2.45, 2.75) is 0 Å². The summed E-state index contributed by atoms with van der Waals surface area (Å²) in [6.45, 7) is 0. The largest absolute Gasteiger partial charge is 0.439 e. The van der Waals surface area contributed by atoms with Crippen LogP contribution in [0.2, 0.25) is 0 Å². The molecule has 0 N–H and O–H groups in total. The van der Waals surface area contributed by atoms with Gasteiger partial charge in [-0.1, -0.05) is 60.7 Å². The topological polar surface area (TPSA) is 45.8 Å². The van der Waals surface area contributed by atoms with Gasteiger partial charge in [-0.05, 0) is 41.1 Å². The molecule has 1 aromatic heterocycles. The molecule has 2 heterocycles. The second-order valence-corrected chi connectivity index (χ2v) is 7.23. The Morgan fingerprint density at radius 2 is 1.53 bits per heavy atom. The Morgan fingerprint density at radius 1 is 0.767 bits per heavy atom. The number of aliphatic imine (C=N–C) groups is 1. The highest BCUT2D eigenvalue weighted by atomic mass is 16.4. The van der Waals surface area contributed by atoms with Crippen LogP contribution in [-0.4, -0.2) is 6.21 Å². The summed E-state index contributed by atoms with van der Waals surface area (Å²) in [7, 11) is 0. The molecule has 4 aromatic carbocycles. The maximum Gasteiger partial charge on any atom is 0.218 e. The molecule has 142 valence electrons. The molecule has 0 radical (unpaired) electrons. The van der Waals surface area contributed by atoms with E-state index in [0.717, 1.165) is 27.8 Å². The van der Waals surface area contributed by atoms with Crippen LogP contribution in [-0.2, 0) is 0 Å². The van der Waals surface area contributed by atoms with Crippen molar-refractivity contribution in [3.63, 3.8) is 0 Å². The fraction of sp³-hybridized carbons (Fsp3) is 0. The van der Waals surface area contributed by atoms with Crippen LogP contribution in [0.15, 0.2) is 105 Å². The van der Waals surface area contributed by atoms with Crippen LogP contribution in [0.5, 0.6) is 0 Å². The van der Waals surface area contributed by atoms with Gasteiger partial charge in [-0.25, -0.2) is 0 Å². The Balaban J connectivity index is 1.75. The average molecular weight is 388 g/mol. The van der Waals surface area contributed by atoms with Gasteiger partial charge in [-0.2, -0.15) is 0 Å². The molecule has 1 aliphatic heterocycles. The van der Waals surface area contributed by atoms with Crippen molar-refractivity contribution in [1.82, 2.24) is 0 Å². The van der Waals surface area contributed by atoms with Gasteiger partial charge in [-0.15, -0.1) is 0 Å².